The summed E-state index contributed by atoms with van der Waals surface area (Å²) in [7, 11) is 0. The van der Waals surface area contributed by atoms with Crippen LogP contribution in [0.25, 0.3) is 0 Å². The average molecular weight is 239 g/mol. The zero-order valence-electron chi connectivity index (χ0n) is 10.8. The molecule has 1 aliphatic rings. The Balaban J connectivity index is 2.16. The number of anilines is 1. The molecule has 0 amide bonds. The molecule has 0 spiro atoms. The predicted octanol–water partition coefficient (Wildman–Crippen LogP) is 2.93. The van der Waals surface area contributed by atoms with Crippen molar-refractivity contribution in [2.45, 2.75) is 20.3 Å². The summed E-state index contributed by atoms with van der Waals surface area (Å²) in [5.74, 6) is 0.0573. The van der Waals surface area contributed by atoms with Crippen molar-refractivity contribution in [2.24, 2.45) is 11.3 Å². The maximum atomic E-state index is 9.25. The number of nitriles is 2. The highest BCUT2D eigenvalue weighted by molar-refractivity contribution is 5.50. The smallest absolute Gasteiger partial charge is 0.0991 e. The van der Waals surface area contributed by atoms with Gasteiger partial charge in [-0.05, 0) is 36.1 Å². The fraction of sp³-hybridized carbons (Fsp3) is 0.467. The van der Waals surface area contributed by atoms with Gasteiger partial charge in [-0.2, -0.15) is 10.5 Å². The maximum absolute atomic E-state index is 9.25. The van der Waals surface area contributed by atoms with Crippen molar-refractivity contribution in [3.8, 4) is 12.1 Å². The molecular weight excluding hydrogens is 222 g/mol. The Morgan fingerprint density at radius 1 is 1.22 bits per heavy atom. The molecule has 92 valence electrons. The van der Waals surface area contributed by atoms with Crippen LogP contribution < -0.4 is 4.90 Å². The molecule has 0 saturated carbocycles. The van der Waals surface area contributed by atoms with E-state index < -0.39 is 0 Å². The molecule has 0 aromatic heterocycles. The topological polar surface area (TPSA) is 50.8 Å². The zero-order valence-corrected chi connectivity index (χ0v) is 10.8. The molecule has 3 heteroatoms. The van der Waals surface area contributed by atoms with Crippen molar-refractivity contribution < 1.29 is 0 Å². The van der Waals surface area contributed by atoms with Gasteiger partial charge in [0.25, 0.3) is 0 Å². The monoisotopic (exact) mass is 239 g/mol. The Morgan fingerprint density at radius 2 is 1.89 bits per heavy atom. The molecule has 0 radical (unpaired) electrons. The van der Waals surface area contributed by atoms with Crippen molar-refractivity contribution >= 4 is 5.69 Å². The Labute approximate surface area is 108 Å². The van der Waals surface area contributed by atoms with Crippen LogP contribution in [0.2, 0.25) is 0 Å². The fourth-order valence-electron chi connectivity index (χ4n) is 2.35. The minimum atomic E-state index is 0.0573. The molecule has 1 aromatic carbocycles. The molecule has 0 aliphatic carbocycles. The van der Waals surface area contributed by atoms with E-state index in [1.807, 2.05) is 24.3 Å². The second kappa shape index (κ2) is 4.70. The van der Waals surface area contributed by atoms with Crippen LogP contribution in [0.1, 0.15) is 25.8 Å². The summed E-state index contributed by atoms with van der Waals surface area (Å²) in [5.41, 5.74) is 1.87. The molecular formula is C15H17N3. The summed E-state index contributed by atoms with van der Waals surface area (Å²) < 4.78 is 0. The molecule has 2 rings (SSSR count). The predicted molar refractivity (Wildman–Crippen MR) is 70.9 cm³/mol. The minimum Gasteiger partial charge on any atom is -0.370 e. The molecule has 0 bridgehead atoms. The first-order chi connectivity index (χ1) is 8.56. The molecule has 1 heterocycles. The van der Waals surface area contributed by atoms with Crippen molar-refractivity contribution in [3.05, 3.63) is 29.8 Å². The SMILES string of the molecule is CC1(C)CCN(c2ccc(C#N)cc2)CC1C#N. The zero-order chi connectivity index (χ0) is 13.2. The van der Waals surface area contributed by atoms with Gasteiger partial charge in [-0.15, -0.1) is 0 Å². The van der Waals surface area contributed by atoms with Gasteiger partial charge in [0.15, 0.2) is 0 Å². The van der Waals surface area contributed by atoms with E-state index in [1.54, 1.807) is 0 Å². The van der Waals surface area contributed by atoms with Crippen LogP contribution in [-0.2, 0) is 0 Å². The number of benzene rings is 1. The van der Waals surface area contributed by atoms with Crippen LogP contribution >= 0.6 is 0 Å². The largest absolute Gasteiger partial charge is 0.370 e. The van der Waals surface area contributed by atoms with E-state index in [-0.39, 0.29) is 11.3 Å². The normalized spacial score (nSPS) is 22.0. The third kappa shape index (κ3) is 2.31. The van der Waals surface area contributed by atoms with Gasteiger partial charge in [0.05, 0.1) is 23.6 Å². The maximum Gasteiger partial charge on any atom is 0.0991 e. The first kappa shape index (κ1) is 12.5. The summed E-state index contributed by atoms with van der Waals surface area (Å²) in [6, 6.07) is 12.1. The quantitative estimate of drug-likeness (QED) is 0.757. The Bertz CT molecular complexity index is 502. The Morgan fingerprint density at radius 3 is 2.44 bits per heavy atom. The molecule has 1 fully saturated rings. The number of nitrogens with zero attached hydrogens (tertiary/aromatic N) is 3. The standard InChI is InChI=1S/C15H17N3/c1-15(2)7-8-18(11-13(15)10-17)14-5-3-12(9-16)4-6-14/h3-6,13H,7-8,11H2,1-2H3. The van der Waals surface area contributed by atoms with E-state index >= 15 is 0 Å². The fourth-order valence-corrected chi connectivity index (χ4v) is 2.35. The van der Waals surface area contributed by atoms with Crippen LogP contribution in [0.15, 0.2) is 24.3 Å². The minimum absolute atomic E-state index is 0.0573. The third-order valence-corrected chi connectivity index (χ3v) is 3.89. The molecule has 1 unspecified atom stereocenters. The van der Waals surface area contributed by atoms with Gasteiger partial charge in [-0.1, -0.05) is 13.8 Å². The first-order valence-electron chi connectivity index (χ1n) is 6.21. The van der Waals surface area contributed by atoms with Crippen LogP contribution in [0, 0.1) is 34.0 Å². The van der Waals surface area contributed by atoms with Gasteiger partial charge >= 0.3 is 0 Å². The highest BCUT2D eigenvalue weighted by atomic mass is 15.1. The second-order valence-corrected chi connectivity index (χ2v) is 5.52. The van der Waals surface area contributed by atoms with Crippen LogP contribution in [0.3, 0.4) is 0 Å². The Kier molecular flexibility index (Phi) is 3.26. The van der Waals surface area contributed by atoms with Crippen molar-refractivity contribution in [1.29, 1.82) is 10.5 Å². The number of hydrogen-bond acceptors (Lipinski definition) is 3. The van der Waals surface area contributed by atoms with E-state index in [0.29, 0.717) is 5.56 Å². The lowest BCUT2D eigenvalue weighted by molar-refractivity contribution is 0.217. The highest BCUT2D eigenvalue weighted by Crippen LogP contribution is 2.36. The van der Waals surface area contributed by atoms with Gasteiger partial charge in [-0.3, -0.25) is 0 Å². The van der Waals surface area contributed by atoms with Gasteiger partial charge in [0.1, 0.15) is 0 Å². The lowest BCUT2D eigenvalue weighted by Crippen LogP contribution is -2.44. The van der Waals surface area contributed by atoms with E-state index in [2.05, 4.69) is 30.9 Å². The van der Waals surface area contributed by atoms with Crippen molar-refractivity contribution in [1.82, 2.24) is 0 Å². The first-order valence-corrected chi connectivity index (χ1v) is 6.21. The number of hydrogen-bond donors (Lipinski definition) is 0. The summed E-state index contributed by atoms with van der Waals surface area (Å²) in [6.45, 7) is 6.07. The molecule has 1 aliphatic heterocycles. The molecule has 1 aromatic rings. The summed E-state index contributed by atoms with van der Waals surface area (Å²) >= 11 is 0. The summed E-state index contributed by atoms with van der Waals surface area (Å²) in [6.07, 6.45) is 1.02. The molecule has 0 N–H and O–H groups in total. The highest BCUT2D eigenvalue weighted by Gasteiger charge is 2.35. The van der Waals surface area contributed by atoms with Crippen molar-refractivity contribution in [2.75, 3.05) is 18.0 Å². The van der Waals surface area contributed by atoms with E-state index in [1.165, 1.54) is 0 Å². The van der Waals surface area contributed by atoms with Gasteiger partial charge in [0.2, 0.25) is 0 Å². The van der Waals surface area contributed by atoms with Gasteiger partial charge in [-0.25, -0.2) is 0 Å². The van der Waals surface area contributed by atoms with Gasteiger partial charge < -0.3 is 4.90 Å². The average Bonchev–Trinajstić information content (AvgIpc) is 2.39. The number of rotatable bonds is 1. The molecule has 1 atom stereocenters. The lowest BCUT2D eigenvalue weighted by Gasteiger charge is -2.41. The van der Waals surface area contributed by atoms with E-state index in [4.69, 9.17) is 5.26 Å². The molecule has 1 saturated heterocycles. The third-order valence-electron chi connectivity index (χ3n) is 3.89. The van der Waals surface area contributed by atoms with Crippen LogP contribution in [-0.4, -0.2) is 13.1 Å². The summed E-state index contributed by atoms with van der Waals surface area (Å²) in [4.78, 5) is 2.24. The van der Waals surface area contributed by atoms with E-state index in [0.717, 1.165) is 25.2 Å². The van der Waals surface area contributed by atoms with Crippen molar-refractivity contribution in [3.63, 3.8) is 0 Å². The summed E-state index contributed by atoms with van der Waals surface area (Å²) in [5, 5.41) is 18.0. The van der Waals surface area contributed by atoms with Crippen LogP contribution in [0.4, 0.5) is 5.69 Å². The Hall–Kier alpha value is -2.00. The van der Waals surface area contributed by atoms with Gasteiger partial charge in [0, 0.05) is 18.8 Å². The van der Waals surface area contributed by atoms with E-state index in [9.17, 15) is 5.26 Å². The molecule has 3 nitrogen and oxygen atoms in total. The lowest BCUT2D eigenvalue weighted by atomic mass is 9.74. The second-order valence-electron chi connectivity index (χ2n) is 5.52. The van der Waals surface area contributed by atoms with Crippen LogP contribution in [0.5, 0.6) is 0 Å². The number of piperidine rings is 1. The molecule has 18 heavy (non-hydrogen) atoms.